The molecule has 0 unspecified atom stereocenters. The van der Waals surface area contributed by atoms with Gasteiger partial charge in [0, 0.05) is 37.4 Å². The maximum atomic E-state index is 12.7. The summed E-state index contributed by atoms with van der Waals surface area (Å²) in [7, 11) is 0. The van der Waals surface area contributed by atoms with Crippen molar-refractivity contribution in [1.82, 2.24) is 10.3 Å². The van der Waals surface area contributed by atoms with Crippen LogP contribution < -0.4 is 10.2 Å². The van der Waals surface area contributed by atoms with E-state index in [0.29, 0.717) is 18.8 Å². The van der Waals surface area contributed by atoms with Gasteiger partial charge < -0.3 is 15.3 Å². The first-order chi connectivity index (χ1) is 8.97. The first kappa shape index (κ1) is 12.7. The molecule has 2 N–H and O–H groups in total. The van der Waals surface area contributed by atoms with Gasteiger partial charge in [-0.3, -0.25) is 0 Å². The minimum Gasteiger partial charge on any atom is -0.388 e. The van der Waals surface area contributed by atoms with E-state index in [0.717, 1.165) is 25.4 Å². The molecular weight excluding hydrogens is 259 g/mol. The van der Waals surface area contributed by atoms with Crippen LogP contribution in [0.4, 0.5) is 19.0 Å². The van der Waals surface area contributed by atoms with Gasteiger partial charge >= 0.3 is 6.18 Å². The van der Waals surface area contributed by atoms with Crippen LogP contribution >= 0.6 is 0 Å². The fourth-order valence-electron chi connectivity index (χ4n) is 2.75. The second-order valence-electron chi connectivity index (χ2n) is 4.94. The topological polar surface area (TPSA) is 48.4 Å². The fourth-order valence-corrected chi connectivity index (χ4v) is 2.75. The van der Waals surface area contributed by atoms with E-state index < -0.39 is 17.8 Å². The number of hydrogen-bond donors (Lipinski definition) is 2. The monoisotopic (exact) mass is 273 g/mol. The molecule has 0 radical (unpaired) electrons. The van der Waals surface area contributed by atoms with Gasteiger partial charge in [-0.1, -0.05) is 0 Å². The van der Waals surface area contributed by atoms with E-state index in [1.54, 1.807) is 0 Å². The summed E-state index contributed by atoms with van der Waals surface area (Å²) >= 11 is 0. The predicted molar refractivity (Wildman–Crippen MR) is 62.8 cm³/mol. The molecule has 0 spiro atoms. The Labute approximate surface area is 108 Å². The molecule has 1 aromatic heterocycles. The smallest absolute Gasteiger partial charge is 0.388 e. The van der Waals surface area contributed by atoms with Crippen molar-refractivity contribution < 1.29 is 18.3 Å². The van der Waals surface area contributed by atoms with Crippen molar-refractivity contribution in [2.45, 2.75) is 24.7 Å². The zero-order chi connectivity index (χ0) is 13.6. The highest BCUT2D eigenvalue weighted by Crippen LogP contribution is 2.39. The molecule has 4 nitrogen and oxygen atoms in total. The molecule has 1 fully saturated rings. The number of nitrogens with one attached hydrogen (secondary N) is 1. The van der Waals surface area contributed by atoms with Crippen LogP contribution in [0.3, 0.4) is 0 Å². The predicted octanol–water partition coefficient (Wildman–Crippen LogP) is 1.32. The Bertz CT molecular complexity index is 492. The molecular formula is C12H14F3N3O. The minimum absolute atomic E-state index is 0.0977. The number of nitrogens with zero attached hydrogens (tertiary/aromatic N) is 2. The second kappa shape index (κ2) is 4.35. The van der Waals surface area contributed by atoms with Gasteiger partial charge in [0.25, 0.3) is 0 Å². The van der Waals surface area contributed by atoms with Crippen LogP contribution in [-0.4, -0.2) is 35.8 Å². The van der Waals surface area contributed by atoms with E-state index in [9.17, 15) is 18.3 Å². The van der Waals surface area contributed by atoms with Crippen molar-refractivity contribution in [3.8, 4) is 0 Å². The summed E-state index contributed by atoms with van der Waals surface area (Å²) in [6, 6.07) is 1.12. The minimum atomic E-state index is -4.43. The van der Waals surface area contributed by atoms with E-state index >= 15 is 0 Å². The third-order valence-electron chi connectivity index (χ3n) is 3.70. The quantitative estimate of drug-likeness (QED) is 0.748. The molecule has 0 saturated carbocycles. The lowest BCUT2D eigenvalue weighted by molar-refractivity contribution is -0.137. The molecule has 3 heterocycles. The van der Waals surface area contributed by atoms with Gasteiger partial charge in [0.15, 0.2) is 0 Å². The lowest BCUT2D eigenvalue weighted by Gasteiger charge is -2.43. The number of aliphatic hydroxyl groups excluding tert-OH is 1. The van der Waals surface area contributed by atoms with Crippen molar-refractivity contribution in [1.29, 1.82) is 0 Å². The van der Waals surface area contributed by atoms with Crippen LogP contribution in [0.2, 0.25) is 0 Å². The Morgan fingerprint density at radius 1 is 1.42 bits per heavy atom. The van der Waals surface area contributed by atoms with Crippen LogP contribution in [0, 0.1) is 0 Å². The molecule has 0 bridgehead atoms. The lowest BCUT2D eigenvalue weighted by atomic mass is 9.93. The Morgan fingerprint density at radius 2 is 2.21 bits per heavy atom. The summed E-state index contributed by atoms with van der Waals surface area (Å²) in [5, 5.41) is 13.2. The lowest BCUT2D eigenvalue weighted by Crippen LogP contribution is -2.54. The second-order valence-corrected chi connectivity index (χ2v) is 4.94. The Morgan fingerprint density at radius 3 is 2.95 bits per heavy atom. The van der Waals surface area contributed by atoms with Crippen LogP contribution in [0.25, 0.3) is 0 Å². The number of pyridine rings is 1. The molecule has 0 aromatic carbocycles. The number of piperazine rings is 1. The number of rotatable bonds is 0. The van der Waals surface area contributed by atoms with Gasteiger partial charge in [-0.05, 0) is 12.5 Å². The van der Waals surface area contributed by atoms with Crippen molar-refractivity contribution in [2.75, 3.05) is 24.5 Å². The van der Waals surface area contributed by atoms with Crippen molar-refractivity contribution >= 4 is 5.82 Å². The molecule has 3 rings (SSSR count). The zero-order valence-electron chi connectivity index (χ0n) is 10.1. The Balaban J connectivity index is 2.02. The van der Waals surface area contributed by atoms with Gasteiger partial charge in [-0.15, -0.1) is 0 Å². The largest absolute Gasteiger partial charge is 0.417 e. The molecule has 2 atom stereocenters. The third-order valence-corrected chi connectivity index (χ3v) is 3.70. The van der Waals surface area contributed by atoms with Gasteiger partial charge in [0.1, 0.15) is 5.82 Å². The average Bonchev–Trinajstić information content (AvgIpc) is 2.37. The van der Waals surface area contributed by atoms with Crippen LogP contribution in [0.15, 0.2) is 12.3 Å². The van der Waals surface area contributed by atoms with Crippen LogP contribution in [0.1, 0.15) is 23.7 Å². The van der Waals surface area contributed by atoms with E-state index in [4.69, 9.17) is 0 Å². The van der Waals surface area contributed by atoms with E-state index in [-0.39, 0.29) is 11.6 Å². The number of aromatic nitrogens is 1. The molecule has 2 aliphatic rings. The van der Waals surface area contributed by atoms with E-state index in [1.807, 2.05) is 4.90 Å². The van der Waals surface area contributed by atoms with Gasteiger partial charge in [0.2, 0.25) is 0 Å². The SMILES string of the molecule is O[C@@H]1C[C@H]2CNCCN2c2ncc(C(F)(F)F)cc21. The van der Waals surface area contributed by atoms with Gasteiger partial charge in [-0.2, -0.15) is 13.2 Å². The summed E-state index contributed by atoms with van der Waals surface area (Å²) in [6.07, 6.45) is -4.04. The third kappa shape index (κ3) is 2.17. The normalized spacial score (nSPS) is 26.8. The molecule has 104 valence electrons. The zero-order valence-corrected chi connectivity index (χ0v) is 10.1. The van der Waals surface area contributed by atoms with Crippen molar-refractivity contribution in [3.63, 3.8) is 0 Å². The van der Waals surface area contributed by atoms with Gasteiger partial charge in [0.05, 0.1) is 11.7 Å². The summed E-state index contributed by atoms with van der Waals surface area (Å²) in [6.45, 7) is 2.19. The van der Waals surface area contributed by atoms with Crippen molar-refractivity contribution in [3.05, 3.63) is 23.4 Å². The van der Waals surface area contributed by atoms with Crippen LogP contribution in [-0.2, 0) is 6.18 Å². The van der Waals surface area contributed by atoms with E-state index in [2.05, 4.69) is 10.3 Å². The highest BCUT2D eigenvalue weighted by Gasteiger charge is 2.37. The molecule has 1 aromatic rings. The summed E-state index contributed by atoms with van der Waals surface area (Å²) < 4.78 is 38.0. The summed E-state index contributed by atoms with van der Waals surface area (Å²) in [4.78, 5) is 5.92. The molecule has 0 amide bonds. The molecule has 19 heavy (non-hydrogen) atoms. The van der Waals surface area contributed by atoms with E-state index in [1.165, 1.54) is 0 Å². The van der Waals surface area contributed by atoms with Crippen LogP contribution in [0.5, 0.6) is 0 Å². The maximum absolute atomic E-state index is 12.7. The highest BCUT2D eigenvalue weighted by atomic mass is 19.4. The highest BCUT2D eigenvalue weighted by molar-refractivity contribution is 5.53. The maximum Gasteiger partial charge on any atom is 0.417 e. The first-order valence-corrected chi connectivity index (χ1v) is 6.19. The number of aliphatic hydroxyl groups is 1. The fraction of sp³-hybridized carbons (Fsp3) is 0.583. The average molecular weight is 273 g/mol. The summed E-state index contributed by atoms with van der Waals surface area (Å²) in [5.41, 5.74) is -0.521. The number of anilines is 1. The number of halogens is 3. The number of alkyl halides is 3. The molecule has 7 heteroatoms. The Kier molecular flexibility index (Phi) is 2.90. The van der Waals surface area contributed by atoms with Gasteiger partial charge in [-0.25, -0.2) is 4.98 Å². The Hall–Kier alpha value is -1.34. The number of hydrogen-bond acceptors (Lipinski definition) is 4. The number of fused-ring (bicyclic) bond motifs is 3. The molecule has 2 aliphatic heterocycles. The summed E-state index contributed by atoms with van der Waals surface area (Å²) in [5.74, 6) is 0.484. The van der Waals surface area contributed by atoms with Crippen molar-refractivity contribution in [2.24, 2.45) is 0 Å². The molecule has 1 saturated heterocycles. The first-order valence-electron chi connectivity index (χ1n) is 6.19. The molecule has 0 aliphatic carbocycles. The standard InChI is InChI=1S/C12H14F3N3O/c13-12(14,15)7-3-9-10(19)4-8-6-16-1-2-18(8)11(9)17-5-7/h3,5,8,10,16,19H,1-2,4,6H2/t8-,10+/m0/s1.